The number of thiazole rings is 1. The molecule has 0 aromatic carbocycles. The monoisotopic (exact) mass is 198 g/mol. The van der Waals surface area contributed by atoms with Gasteiger partial charge in [-0.25, -0.2) is 4.98 Å². The third-order valence-corrected chi connectivity index (χ3v) is 3.06. The number of hydrogen-bond acceptors (Lipinski definition) is 3. The largest absolute Gasteiger partial charge is 0.308 e. The van der Waals surface area contributed by atoms with Crippen LogP contribution in [0.4, 0.5) is 0 Å². The summed E-state index contributed by atoms with van der Waals surface area (Å²) in [5.41, 5.74) is 1.21. The second-order valence-electron chi connectivity index (χ2n) is 3.54. The van der Waals surface area contributed by atoms with E-state index in [-0.39, 0.29) is 0 Å². The average molecular weight is 198 g/mol. The second kappa shape index (κ2) is 4.72. The summed E-state index contributed by atoms with van der Waals surface area (Å²) in [6.07, 6.45) is 0. The van der Waals surface area contributed by atoms with Gasteiger partial charge in [0.25, 0.3) is 0 Å². The van der Waals surface area contributed by atoms with Gasteiger partial charge in [-0.3, -0.25) is 0 Å². The molecule has 74 valence electrons. The highest BCUT2D eigenvalue weighted by Crippen LogP contribution is 2.22. The molecular weight excluding hydrogens is 180 g/mol. The third kappa shape index (κ3) is 2.78. The normalized spacial score (nSPS) is 13.6. The van der Waals surface area contributed by atoms with Crippen LogP contribution in [0.2, 0.25) is 0 Å². The van der Waals surface area contributed by atoms with Gasteiger partial charge >= 0.3 is 0 Å². The van der Waals surface area contributed by atoms with Crippen LogP contribution >= 0.6 is 11.3 Å². The molecule has 2 nitrogen and oxygen atoms in total. The highest BCUT2D eigenvalue weighted by atomic mass is 32.1. The van der Waals surface area contributed by atoms with Crippen molar-refractivity contribution in [2.24, 2.45) is 0 Å². The Hall–Kier alpha value is -0.410. The fraction of sp³-hybridized carbons (Fsp3) is 0.700. The Kier molecular flexibility index (Phi) is 3.88. The van der Waals surface area contributed by atoms with Crippen LogP contribution in [0.15, 0.2) is 5.38 Å². The van der Waals surface area contributed by atoms with E-state index in [2.05, 4.69) is 43.4 Å². The number of nitrogens with one attached hydrogen (secondary N) is 1. The van der Waals surface area contributed by atoms with Crippen LogP contribution in [0.3, 0.4) is 0 Å². The molecule has 0 saturated heterocycles. The minimum atomic E-state index is 0.391. The molecule has 3 heteroatoms. The third-order valence-electron chi connectivity index (χ3n) is 2.01. The van der Waals surface area contributed by atoms with Crippen LogP contribution in [0, 0.1) is 0 Å². The summed E-state index contributed by atoms with van der Waals surface area (Å²) in [4.78, 5) is 4.58. The number of hydrogen-bond donors (Lipinski definition) is 1. The standard InChI is InChI=1S/C10H18N2S/c1-5-11-8(4)10-12-9(6-13-10)7(2)3/h6-8,11H,5H2,1-4H3. The molecule has 0 aliphatic carbocycles. The van der Waals surface area contributed by atoms with Gasteiger partial charge in [0, 0.05) is 5.38 Å². The summed E-state index contributed by atoms with van der Waals surface area (Å²) in [6, 6.07) is 0.391. The molecule has 1 unspecified atom stereocenters. The Balaban J connectivity index is 2.67. The van der Waals surface area contributed by atoms with Gasteiger partial charge in [-0.05, 0) is 19.4 Å². The topological polar surface area (TPSA) is 24.9 Å². The molecule has 0 radical (unpaired) electrons. The van der Waals surface area contributed by atoms with Crippen LogP contribution < -0.4 is 5.32 Å². The van der Waals surface area contributed by atoms with E-state index in [0.717, 1.165) is 6.54 Å². The highest BCUT2D eigenvalue weighted by molar-refractivity contribution is 7.09. The first-order valence-corrected chi connectivity index (χ1v) is 5.71. The minimum Gasteiger partial charge on any atom is -0.308 e. The van der Waals surface area contributed by atoms with Crippen molar-refractivity contribution < 1.29 is 0 Å². The Labute approximate surface area is 84.4 Å². The lowest BCUT2D eigenvalue weighted by atomic mass is 10.2. The smallest absolute Gasteiger partial charge is 0.110 e. The molecule has 1 atom stereocenters. The first-order valence-electron chi connectivity index (χ1n) is 4.83. The molecule has 0 spiro atoms. The van der Waals surface area contributed by atoms with Crippen molar-refractivity contribution in [1.29, 1.82) is 0 Å². The lowest BCUT2D eigenvalue weighted by Crippen LogP contribution is -2.17. The summed E-state index contributed by atoms with van der Waals surface area (Å²) >= 11 is 1.75. The summed E-state index contributed by atoms with van der Waals surface area (Å²) in [5, 5.41) is 6.72. The van der Waals surface area contributed by atoms with Crippen molar-refractivity contribution >= 4 is 11.3 Å². The van der Waals surface area contributed by atoms with E-state index in [1.165, 1.54) is 10.7 Å². The van der Waals surface area contributed by atoms with E-state index in [1.807, 2.05) is 0 Å². The van der Waals surface area contributed by atoms with E-state index in [4.69, 9.17) is 0 Å². The van der Waals surface area contributed by atoms with Gasteiger partial charge in [-0.15, -0.1) is 11.3 Å². The highest BCUT2D eigenvalue weighted by Gasteiger charge is 2.10. The fourth-order valence-corrected chi connectivity index (χ4v) is 2.17. The Morgan fingerprint density at radius 1 is 1.46 bits per heavy atom. The lowest BCUT2D eigenvalue weighted by molar-refractivity contribution is 0.592. The zero-order chi connectivity index (χ0) is 9.84. The van der Waals surface area contributed by atoms with Gasteiger partial charge in [0.2, 0.25) is 0 Å². The fourth-order valence-electron chi connectivity index (χ4n) is 1.16. The Morgan fingerprint density at radius 3 is 2.62 bits per heavy atom. The molecular formula is C10H18N2S. The first kappa shape index (κ1) is 10.7. The van der Waals surface area contributed by atoms with Gasteiger partial charge < -0.3 is 5.32 Å². The second-order valence-corrected chi connectivity index (χ2v) is 4.43. The molecule has 0 amide bonds. The molecule has 0 aliphatic heterocycles. The maximum absolute atomic E-state index is 4.58. The SMILES string of the molecule is CCNC(C)c1nc(C(C)C)cs1. The van der Waals surface area contributed by atoms with E-state index >= 15 is 0 Å². The van der Waals surface area contributed by atoms with Crippen LogP contribution in [-0.4, -0.2) is 11.5 Å². The van der Waals surface area contributed by atoms with Crippen molar-refractivity contribution in [3.8, 4) is 0 Å². The summed E-state index contributed by atoms with van der Waals surface area (Å²) in [6.45, 7) is 9.63. The van der Waals surface area contributed by atoms with E-state index in [9.17, 15) is 0 Å². The van der Waals surface area contributed by atoms with Crippen molar-refractivity contribution in [1.82, 2.24) is 10.3 Å². The lowest BCUT2D eigenvalue weighted by Gasteiger charge is -2.07. The van der Waals surface area contributed by atoms with Crippen molar-refractivity contribution in [3.63, 3.8) is 0 Å². The van der Waals surface area contributed by atoms with Gasteiger partial charge in [0.05, 0.1) is 11.7 Å². The van der Waals surface area contributed by atoms with Crippen molar-refractivity contribution in [2.75, 3.05) is 6.54 Å². The van der Waals surface area contributed by atoms with E-state index in [1.54, 1.807) is 11.3 Å². The van der Waals surface area contributed by atoms with Gasteiger partial charge in [-0.2, -0.15) is 0 Å². The van der Waals surface area contributed by atoms with Crippen molar-refractivity contribution in [3.05, 3.63) is 16.1 Å². The molecule has 1 aromatic rings. The summed E-state index contributed by atoms with van der Waals surface area (Å²) in [7, 11) is 0. The van der Waals surface area contributed by atoms with Crippen LogP contribution in [-0.2, 0) is 0 Å². The van der Waals surface area contributed by atoms with Gasteiger partial charge in [-0.1, -0.05) is 20.8 Å². The predicted octanol–water partition coefficient (Wildman–Crippen LogP) is 2.94. The summed E-state index contributed by atoms with van der Waals surface area (Å²) in [5.74, 6) is 0.541. The van der Waals surface area contributed by atoms with E-state index < -0.39 is 0 Å². The molecule has 1 N–H and O–H groups in total. The number of rotatable bonds is 4. The van der Waals surface area contributed by atoms with Crippen LogP contribution in [0.1, 0.15) is 50.4 Å². The maximum atomic E-state index is 4.58. The summed E-state index contributed by atoms with van der Waals surface area (Å²) < 4.78 is 0. The first-order chi connectivity index (χ1) is 6.15. The quantitative estimate of drug-likeness (QED) is 0.804. The molecule has 0 saturated carbocycles. The molecule has 0 aliphatic rings. The molecule has 1 aromatic heterocycles. The van der Waals surface area contributed by atoms with Gasteiger partial charge in [0.1, 0.15) is 5.01 Å². The molecule has 13 heavy (non-hydrogen) atoms. The molecule has 0 bridgehead atoms. The van der Waals surface area contributed by atoms with E-state index in [0.29, 0.717) is 12.0 Å². The molecule has 1 heterocycles. The zero-order valence-electron chi connectivity index (χ0n) is 8.79. The predicted molar refractivity (Wildman–Crippen MR) is 58.3 cm³/mol. The molecule has 1 rings (SSSR count). The maximum Gasteiger partial charge on any atom is 0.110 e. The van der Waals surface area contributed by atoms with Crippen molar-refractivity contribution in [2.45, 2.75) is 39.7 Å². The van der Waals surface area contributed by atoms with Gasteiger partial charge in [0.15, 0.2) is 0 Å². The number of aromatic nitrogens is 1. The minimum absolute atomic E-state index is 0.391. The van der Waals surface area contributed by atoms with Crippen LogP contribution in [0.25, 0.3) is 0 Å². The van der Waals surface area contributed by atoms with Crippen LogP contribution in [0.5, 0.6) is 0 Å². The number of nitrogens with zero attached hydrogens (tertiary/aromatic N) is 1. The molecule has 0 fully saturated rings. The Morgan fingerprint density at radius 2 is 2.15 bits per heavy atom. The average Bonchev–Trinajstić information content (AvgIpc) is 2.52. The zero-order valence-corrected chi connectivity index (χ0v) is 9.61. The Bertz CT molecular complexity index is 255.